The average Bonchev–Trinajstić information content (AvgIpc) is 2.89. The Morgan fingerprint density at radius 1 is 1.27 bits per heavy atom. The summed E-state index contributed by atoms with van der Waals surface area (Å²) in [6, 6.07) is 10.6. The molecule has 0 saturated carbocycles. The highest BCUT2D eigenvalue weighted by Gasteiger charge is 2.18. The van der Waals surface area contributed by atoms with Crippen LogP contribution in [0.2, 0.25) is 0 Å². The number of fused-ring (bicyclic) bond motifs is 1. The molecule has 1 aromatic carbocycles. The van der Waals surface area contributed by atoms with Gasteiger partial charge in [-0.3, -0.25) is 4.90 Å². The molecule has 0 aliphatic carbocycles. The number of hydrogen-bond acceptors (Lipinski definition) is 5. The summed E-state index contributed by atoms with van der Waals surface area (Å²) in [5.74, 6) is 6.33. The second-order valence-corrected chi connectivity index (χ2v) is 5.86. The van der Waals surface area contributed by atoms with Gasteiger partial charge in [-0.25, -0.2) is 5.84 Å². The lowest BCUT2D eigenvalue weighted by atomic mass is 10.2. The van der Waals surface area contributed by atoms with Crippen LogP contribution in [0, 0.1) is 0 Å². The lowest BCUT2D eigenvalue weighted by Crippen LogP contribution is -2.47. The lowest BCUT2D eigenvalue weighted by molar-refractivity contribution is 0.149. The maximum absolute atomic E-state index is 6.04. The van der Waals surface area contributed by atoms with Gasteiger partial charge in [0.2, 0.25) is 0 Å². The summed E-state index contributed by atoms with van der Waals surface area (Å²) in [7, 11) is 1.78. The first kappa shape index (κ1) is 14.7. The number of rotatable bonds is 4. The molecule has 1 saturated heterocycles. The fraction of sp³-hybridized carbons (Fsp3) is 0.375. The Balaban J connectivity index is 1.58. The minimum atomic E-state index is 0.732. The van der Waals surface area contributed by atoms with Crippen LogP contribution < -0.4 is 11.6 Å². The van der Waals surface area contributed by atoms with Crippen molar-refractivity contribution in [3.8, 4) is 0 Å². The largest absolute Gasteiger partial charge is 0.384 e. The van der Waals surface area contributed by atoms with Crippen LogP contribution in [-0.2, 0) is 6.54 Å². The van der Waals surface area contributed by atoms with Gasteiger partial charge in [0.25, 0.3) is 0 Å². The van der Waals surface area contributed by atoms with E-state index in [9.17, 15) is 0 Å². The number of hydrogen-bond donors (Lipinski definition) is 3. The summed E-state index contributed by atoms with van der Waals surface area (Å²) in [5, 5.41) is 2.76. The molecule has 1 aliphatic heterocycles. The molecular formula is C16H24N6. The molecule has 2 aromatic rings. The Labute approximate surface area is 130 Å². The first-order chi connectivity index (χ1) is 10.6. The number of nitrogens with two attached hydrogens (primary N) is 2. The topological polar surface area (TPSA) is 77.6 Å². The molecule has 6 heteroatoms. The van der Waals surface area contributed by atoms with Gasteiger partial charge in [-0.15, -0.1) is 0 Å². The van der Waals surface area contributed by atoms with Crippen LogP contribution in [0.15, 0.2) is 42.4 Å². The molecule has 6 nitrogen and oxygen atoms in total. The van der Waals surface area contributed by atoms with E-state index in [0.717, 1.165) is 38.5 Å². The van der Waals surface area contributed by atoms with Gasteiger partial charge in [0.15, 0.2) is 0 Å². The summed E-state index contributed by atoms with van der Waals surface area (Å²) in [4.78, 5) is 8.11. The Hall–Kier alpha value is -2.18. The van der Waals surface area contributed by atoms with Gasteiger partial charge < -0.3 is 20.6 Å². The smallest absolute Gasteiger partial charge is 0.117 e. The fourth-order valence-corrected chi connectivity index (χ4v) is 2.91. The normalized spacial score (nSPS) is 17.2. The van der Waals surface area contributed by atoms with Crippen LogP contribution in [0.1, 0.15) is 5.69 Å². The molecule has 1 fully saturated rings. The van der Waals surface area contributed by atoms with Gasteiger partial charge >= 0.3 is 0 Å². The molecule has 118 valence electrons. The summed E-state index contributed by atoms with van der Waals surface area (Å²) in [5.41, 5.74) is 8.51. The van der Waals surface area contributed by atoms with E-state index in [0.29, 0.717) is 0 Å². The number of nitrogens with one attached hydrogen (secondary N) is 1. The highest BCUT2D eigenvalue weighted by molar-refractivity contribution is 5.80. The van der Waals surface area contributed by atoms with E-state index in [1.54, 1.807) is 13.2 Å². The average molecular weight is 300 g/mol. The zero-order valence-corrected chi connectivity index (χ0v) is 13.0. The predicted molar refractivity (Wildman–Crippen MR) is 89.4 cm³/mol. The van der Waals surface area contributed by atoms with E-state index in [4.69, 9.17) is 11.6 Å². The molecule has 0 bridgehead atoms. The molecule has 5 N–H and O–H groups in total. The second kappa shape index (κ2) is 6.29. The van der Waals surface area contributed by atoms with Crippen molar-refractivity contribution in [3.05, 3.63) is 48.0 Å². The van der Waals surface area contributed by atoms with Crippen LogP contribution in [0.25, 0.3) is 10.9 Å². The van der Waals surface area contributed by atoms with Gasteiger partial charge in [0.05, 0.1) is 6.20 Å². The molecule has 2 heterocycles. The van der Waals surface area contributed by atoms with Gasteiger partial charge in [-0.1, -0.05) is 18.2 Å². The molecule has 0 atom stereocenters. The van der Waals surface area contributed by atoms with Crippen molar-refractivity contribution in [2.45, 2.75) is 6.54 Å². The highest BCUT2D eigenvalue weighted by Crippen LogP contribution is 2.17. The SMILES string of the molecule is CN(N)/C=C(\N)N1CCN(Cc2cc3ccccc3[nH]2)CC1. The van der Waals surface area contributed by atoms with Crippen LogP contribution in [0.4, 0.5) is 0 Å². The third kappa shape index (κ3) is 3.35. The lowest BCUT2D eigenvalue weighted by Gasteiger charge is -2.36. The molecule has 22 heavy (non-hydrogen) atoms. The first-order valence-electron chi connectivity index (χ1n) is 7.60. The van der Waals surface area contributed by atoms with Crippen LogP contribution in [0.3, 0.4) is 0 Å². The van der Waals surface area contributed by atoms with E-state index in [1.165, 1.54) is 21.6 Å². The second-order valence-electron chi connectivity index (χ2n) is 5.86. The summed E-state index contributed by atoms with van der Waals surface area (Å²) in [6.45, 7) is 4.80. The van der Waals surface area contributed by atoms with Crippen molar-refractivity contribution >= 4 is 10.9 Å². The number of aromatic amines is 1. The van der Waals surface area contributed by atoms with Gasteiger partial charge in [0.1, 0.15) is 5.82 Å². The van der Waals surface area contributed by atoms with Crippen molar-refractivity contribution in [2.24, 2.45) is 11.6 Å². The van der Waals surface area contributed by atoms with Gasteiger partial charge in [-0.05, 0) is 17.5 Å². The van der Waals surface area contributed by atoms with Crippen LogP contribution in [0.5, 0.6) is 0 Å². The number of hydrazine groups is 1. The van der Waals surface area contributed by atoms with E-state index in [-0.39, 0.29) is 0 Å². The molecule has 1 aliphatic rings. The quantitative estimate of drug-likeness (QED) is 0.576. The summed E-state index contributed by atoms with van der Waals surface area (Å²) < 4.78 is 0. The molecule has 0 spiro atoms. The van der Waals surface area contributed by atoms with Crippen molar-refractivity contribution in [3.63, 3.8) is 0 Å². The number of H-pyrrole nitrogens is 1. The molecular weight excluding hydrogens is 276 g/mol. The van der Waals surface area contributed by atoms with Gasteiger partial charge in [-0.2, -0.15) is 0 Å². The number of benzene rings is 1. The van der Waals surface area contributed by atoms with E-state index in [1.807, 2.05) is 0 Å². The van der Waals surface area contributed by atoms with E-state index in [2.05, 4.69) is 45.1 Å². The van der Waals surface area contributed by atoms with Crippen molar-refractivity contribution in [1.29, 1.82) is 0 Å². The molecule has 1 aromatic heterocycles. The highest BCUT2D eigenvalue weighted by atomic mass is 15.4. The Kier molecular flexibility index (Phi) is 4.22. The maximum atomic E-state index is 6.04. The minimum Gasteiger partial charge on any atom is -0.384 e. The molecule has 0 radical (unpaired) electrons. The Bertz CT molecular complexity index is 618. The molecule has 0 amide bonds. The maximum Gasteiger partial charge on any atom is 0.117 e. The minimum absolute atomic E-state index is 0.732. The van der Waals surface area contributed by atoms with E-state index < -0.39 is 0 Å². The third-order valence-corrected chi connectivity index (χ3v) is 4.05. The van der Waals surface area contributed by atoms with E-state index >= 15 is 0 Å². The fourth-order valence-electron chi connectivity index (χ4n) is 2.91. The molecule has 3 rings (SSSR count). The van der Waals surface area contributed by atoms with Crippen molar-refractivity contribution < 1.29 is 0 Å². The standard InChI is InChI=1S/C16H24N6/c1-20(18)12-16(17)22-8-6-21(7-9-22)11-14-10-13-4-2-3-5-15(13)19-14/h2-5,10,12,19H,6-9,11,17-18H2,1H3/b16-12+. The van der Waals surface area contributed by atoms with Crippen LogP contribution in [-0.4, -0.2) is 53.0 Å². The molecule has 0 unspecified atom stereocenters. The summed E-state index contributed by atoms with van der Waals surface area (Å²) in [6.07, 6.45) is 1.76. The number of aromatic nitrogens is 1. The first-order valence-corrected chi connectivity index (χ1v) is 7.60. The van der Waals surface area contributed by atoms with Gasteiger partial charge in [0, 0.05) is 51.0 Å². The zero-order chi connectivity index (χ0) is 15.5. The monoisotopic (exact) mass is 300 g/mol. The Morgan fingerprint density at radius 2 is 2.00 bits per heavy atom. The number of piperazine rings is 1. The van der Waals surface area contributed by atoms with Crippen LogP contribution >= 0.6 is 0 Å². The number of nitrogens with zero attached hydrogens (tertiary/aromatic N) is 3. The summed E-state index contributed by atoms with van der Waals surface area (Å²) >= 11 is 0. The number of para-hydroxylation sites is 1. The third-order valence-electron chi connectivity index (χ3n) is 4.05. The Morgan fingerprint density at radius 3 is 2.68 bits per heavy atom. The van der Waals surface area contributed by atoms with Crippen molar-refractivity contribution in [1.82, 2.24) is 19.8 Å². The predicted octanol–water partition coefficient (Wildman–Crippen LogP) is 0.849. The van der Waals surface area contributed by atoms with Crippen molar-refractivity contribution in [2.75, 3.05) is 33.2 Å². The zero-order valence-electron chi connectivity index (χ0n) is 13.0.